The molecule has 0 radical (unpaired) electrons. The summed E-state index contributed by atoms with van der Waals surface area (Å²) in [6, 6.07) is 13.9. The Kier molecular flexibility index (Phi) is 6.13. The van der Waals surface area contributed by atoms with E-state index in [4.69, 9.17) is 11.6 Å². The molecule has 5 nitrogen and oxygen atoms in total. The minimum atomic E-state index is -3.86. The molecule has 3 rings (SSSR count). The van der Waals surface area contributed by atoms with Gasteiger partial charge in [0.15, 0.2) is 4.34 Å². The molecular weight excluding hydrogens is 417 g/mol. The molecule has 0 spiro atoms. The van der Waals surface area contributed by atoms with E-state index in [0.29, 0.717) is 10.1 Å². The first kappa shape index (κ1) is 19.1. The maximum absolute atomic E-state index is 13.8. The SMILES string of the molecule is O=S(=O)(Cc1c(F)cccc1Cl)Nc1nnc(SCc2ccccc2)s1. The predicted octanol–water partition coefficient (Wildman–Crippen LogP) is 4.56. The van der Waals surface area contributed by atoms with Crippen molar-refractivity contribution in [2.45, 2.75) is 15.8 Å². The Labute approximate surface area is 163 Å². The molecular formula is C16H13ClFN3O2S3. The van der Waals surface area contributed by atoms with Crippen molar-refractivity contribution in [1.29, 1.82) is 0 Å². The summed E-state index contributed by atoms with van der Waals surface area (Å²) in [6.45, 7) is 0. The molecule has 10 heteroatoms. The van der Waals surface area contributed by atoms with Gasteiger partial charge in [0, 0.05) is 16.3 Å². The molecule has 0 aliphatic carbocycles. The van der Waals surface area contributed by atoms with Crippen LogP contribution in [0, 0.1) is 5.82 Å². The third kappa shape index (κ3) is 5.16. The van der Waals surface area contributed by atoms with Gasteiger partial charge in [-0.05, 0) is 17.7 Å². The smallest absolute Gasteiger partial charge is 0.238 e. The maximum atomic E-state index is 13.8. The highest BCUT2D eigenvalue weighted by molar-refractivity contribution is 8.00. The number of hydrogen-bond donors (Lipinski definition) is 1. The average molecular weight is 430 g/mol. The van der Waals surface area contributed by atoms with Crippen LogP contribution < -0.4 is 4.72 Å². The molecule has 0 aliphatic heterocycles. The number of nitrogens with one attached hydrogen (secondary N) is 1. The summed E-state index contributed by atoms with van der Waals surface area (Å²) in [5.41, 5.74) is 1.05. The van der Waals surface area contributed by atoms with Gasteiger partial charge >= 0.3 is 0 Å². The fourth-order valence-corrected chi connectivity index (χ4v) is 5.53. The lowest BCUT2D eigenvalue weighted by molar-refractivity contribution is 0.591. The van der Waals surface area contributed by atoms with E-state index in [1.807, 2.05) is 30.3 Å². The molecule has 1 N–H and O–H groups in total. The van der Waals surface area contributed by atoms with Crippen LogP contribution in [0.2, 0.25) is 5.02 Å². The fourth-order valence-electron chi connectivity index (χ4n) is 2.06. The minimum absolute atomic E-state index is 0.0618. The van der Waals surface area contributed by atoms with Crippen LogP contribution in [0.1, 0.15) is 11.1 Å². The molecule has 26 heavy (non-hydrogen) atoms. The molecule has 0 atom stereocenters. The lowest BCUT2D eigenvalue weighted by atomic mass is 10.2. The maximum Gasteiger partial charge on any atom is 0.238 e. The summed E-state index contributed by atoms with van der Waals surface area (Å²) in [4.78, 5) is 0. The van der Waals surface area contributed by atoms with Crippen LogP contribution in [0.5, 0.6) is 0 Å². The van der Waals surface area contributed by atoms with Crippen molar-refractivity contribution in [2.24, 2.45) is 0 Å². The second-order valence-electron chi connectivity index (χ2n) is 5.21. The highest BCUT2D eigenvalue weighted by atomic mass is 35.5. The topological polar surface area (TPSA) is 72.0 Å². The molecule has 3 aromatic rings. The van der Waals surface area contributed by atoms with Crippen LogP contribution in [-0.4, -0.2) is 18.6 Å². The number of benzene rings is 2. The summed E-state index contributed by atoms with van der Waals surface area (Å²) in [7, 11) is -3.86. The number of thioether (sulfide) groups is 1. The minimum Gasteiger partial charge on any atom is -0.257 e. The van der Waals surface area contributed by atoms with E-state index in [0.717, 1.165) is 16.9 Å². The van der Waals surface area contributed by atoms with Crippen LogP contribution in [-0.2, 0) is 21.5 Å². The van der Waals surface area contributed by atoms with Gasteiger partial charge in [-0.3, -0.25) is 4.72 Å². The summed E-state index contributed by atoms with van der Waals surface area (Å²) >= 11 is 8.46. The Bertz CT molecular complexity index is 977. The first-order chi connectivity index (χ1) is 12.4. The summed E-state index contributed by atoms with van der Waals surface area (Å²) in [5, 5.41) is 7.99. The Morgan fingerprint density at radius 3 is 2.62 bits per heavy atom. The van der Waals surface area contributed by atoms with Crippen LogP contribution in [0.15, 0.2) is 52.9 Å². The number of sulfonamides is 1. The van der Waals surface area contributed by atoms with E-state index in [1.165, 1.54) is 30.0 Å². The summed E-state index contributed by atoms with van der Waals surface area (Å²) < 4.78 is 41.2. The number of hydrogen-bond acceptors (Lipinski definition) is 6. The van der Waals surface area contributed by atoms with Crippen molar-refractivity contribution in [2.75, 3.05) is 4.72 Å². The van der Waals surface area contributed by atoms with Crippen LogP contribution in [0.25, 0.3) is 0 Å². The monoisotopic (exact) mass is 429 g/mol. The molecule has 2 aromatic carbocycles. The van der Waals surface area contributed by atoms with Crippen molar-refractivity contribution in [3.05, 3.63) is 70.5 Å². The molecule has 0 aliphatic rings. The van der Waals surface area contributed by atoms with Gasteiger partial charge in [0.25, 0.3) is 0 Å². The largest absolute Gasteiger partial charge is 0.257 e. The molecule has 1 aromatic heterocycles. The Morgan fingerprint density at radius 1 is 1.12 bits per heavy atom. The van der Waals surface area contributed by atoms with Crippen LogP contribution in [0.3, 0.4) is 0 Å². The van der Waals surface area contributed by atoms with E-state index in [-0.39, 0.29) is 15.7 Å². The molecule has 0 saturated heterocycles. The normalized spacial score (nSPS) is 11.5. The number of halogens is 2. The quantitative estimate of drug-likeness (QED) is 0.557. The summed E-state index contributed by atoms with van der Waals surface area (Å²) in [6.07, 6.45) is 0. The van der Waals surface area contributed by atoms with Gasteiger partial charge in [0.1, 0.15) is 5.82 Å². The lowest BCUT2D eigenvalue weighted by Gasteiger charge is -2.07. The van der Waals surface area contributed by atoms with Crippen LogP contribution in [0.4, 0.5) is 9.52 Å². The average Bonchev–Trinajstić information content (AvgIpc) is 3.04. The molecule has 1 heterocycles. The summed E-state index contributed by atoms with van der Waals surface area (Å²) in [5.74, 6) is -0.545. The van der Waals surface area contributed by atoms with E-state index in [1.54, 1.807) is 0 Å². The van der Waals surface area contributed by atoms with E-state index < -0.39 is 21.6 Å². The molecule has 0 saturated carbocycles. The second kappa shape index (κ2) is 8.34. The van der Waals surface area contributed by atoms with E-state index in [9.17, 15) is 12.8 Å². The zero-order valence-electron chi connectivity index (χ0n) is 13.2. The zero-order valence-corrected chi connectivity index (χ0v) is 16.4. The van der Waals surface area contributed by atoms with Crippen molar-refractivity contribution < 1.29 is 12.8 Å². The molecule has 0 amide bonds. The van der Waals surface area contributed by atoms with E-state index in [2.05, 4.69) is 14.9 Å². The van der Waals surface area contributed by atoms with E-state index >= 15 is 0 Å². The molecule has 0 fully saturated rings. The Hall–Kier alpha value is -1.68. The molecule has 0 bridgehead atoms. The number of rotatable bonds is 7. The van der Waals surface area contributed by atoms with Gasteiger partial charge < -0.3 is 0 Å². The second-order valence-corrected chi connectivity index (χ2v) is 9.54. The number of nitrogens with zero attached hydrogens (tertiary/aromatic N) is 2. The predicted molar refractivity (Wildman–Crippen MR) is 104 cm³/mol. The highest BCUT2D eigenvalue weighted by Gasteiger charge is 2.19. The molecule has 136 valence electrons. The number of anilines is 1. The van der Waals surface area contributed by atoms with Crippen molar-refractivity contribution in [3.8, 4) is 0 Å². The Morgan fingerprint density at radius 2 is 1.88 bits per heavy atom. The third-order valence-electron chi connectivity index (χ3n) is 3.25. The molecule has 0 unspecified atom stereocenters. The highest BCUT2D eigenvalue weighted by Crippen LogP contribution is 2.29. The number of aromatic nitrogens is 2. The zero-order chi connectivity index (χ0) is 18.6. The van der Waals surface area contributed by atoms with Gasteiger partial charge in [-0.15, -0.1) is 10.2 Å². The van der Waals surface area contributed by atoms with Gasteiger partial charge in [-0.25, -0.2) is 12.8 Å². The fraction of sp³-hybridized carbons (Fsp3) is 0.125. The lowest BCUT2D eigenvalue weighted by Crippen LogP contribution is -2.16. The van der Waals surface area contributed by atoms with Crippen LogP contribution >= 0.6 is 34.7 Å². The van der Waals surface area contributed by atoms with Gasteiger partial charge in [0.2, 0.25) is 15.2 Å². The van der Waals surface area contributed by atoms with Crippen molar-refractivity contribution in [3.63, 3.8) is 0 Å². The van der Waals surface area contributed by atoms with Gasteiger partial charge in [0.05, 0.1) is 5.75 Å². The first-order valence-electron chi connectivity index (χ1n) is 7.36. The Balaban J connectivity index is 1.64. The van der Waals surface area contributed by atoms with Gasteiger partial charge in [-0.1, -0.05) is 71.1 Å². The standard InChI is InChI=1S/C16H13ClFN3O2S3/c17-13-7-4-8-14(18)12(13)10-26(22,23)21-15-19-20-16(25-15)24-9-11-5-2-1-3-6-11/h1-8H,9-10H2,(H,19,21). The first-order valence-corrected chi connectivity index (χ1v) is 11.2. The van der Waals surface area contributed by atoms with Crippen molar-refractivity contribution >= 4 is 49.9 Å². The van der Waals surface area contributed by atoms with Crippen molar-refractivity contribution in [1.82, 2.24) is 10.2 Å². The van der Waals surface area contributed by atoms with Gasteiger partial charge in [-0.2, -0.15) is 0 Å². The third-order valence-corrected chi connectivity index (χ3v) is 6.95.